The normalized spacial score (nSPS) is 12.0. The summed E-state index contributed by atoms with van der Waals surface area (Å²) in [6.45, 7) is 0.179. The van der Waals surface area contributed by atoms with E-state index >= 15 is 0 Å². The highest BCUT2D eigenvalue weighted by Gasteiger charge is 2.22. The summed E-state index contributed by atoms with van der Waals surface area (Å²) in [6.07, 6.45) is 1.46. The molecule has 28 heavy (non-hydrogen) atoms. The number of nitrogens with two attached hydrogens (primary N) is 1. The van der Waals surface area contributed by atoms with Crippen molar-refractivity contribution in [1.29, 1.82) is 0 Å². The van der Waals surface area contributed by atoms with E-state index in [9.17, 15) is 9.59 Å². The highest BCUT2D eigenvalue weighted by molar-refractivity contribution is 5.92. The number of amides is 1. The first-order valence-corrected chi connectivity index (χ1v) is 8.88. The summed E-state index contributed by atoms with van der Waals surface area (Å²) in [7, 11) is 2.91. The molecule has 0 radical (unpaired) electrons. The Bertz CT molecular complexity index is 968. The Morgan fingerprint density at radius 3 is 2.50 bits per heavy atom. The fourth-order valence-electron chi connectivity index (χ4n) is 3.00. The van der Waals surface area contributed by atoms with Crippen molar-refractivity contribution in [2.75, 3.05) is 14.2 Å². The van der Waals surface area contributed by atoms with Gasteiger partial charge in [-0.2, -0.15) is 0 Å². The number of hydroxylamine groups is 2. The molecule has 1 amide bonds. The smallest absolute Gasteiger partial charge is 0.418 e. The van der Waals surface area contributed by atoms with Gasteiger partial charge in [0.05, 0.1) is 18.7 Å². The maximum atomic E-state index is 12.6. The Morgan fingerprint density at radius 2 is 1.79 bits per heavy atom. The van der Waals surface area contributed by atoms with Crippen LogP contribution in [0.3, 0.4) is 0 Å². The molecule has 0 aliphatic rings. The predicted molar refractivity (Wildman–Crippen MR) is 105 cm³/mol. The molecule has 7 heteroatoms. The lowest BCUT2D eigenvalue weighted by Gasteiger charge is -2.18. The molecule has 2 N–H and O–H groups in total. The maximum absolute atomic E-state index is 12.6. The molecule has 1 aromatic heterocycles. The van der Waals surface area contributed by atoms with Crippen LogP contribution in [0.25, 0.3) is 10.9 Å². The molecule has 0 bridgehead atoms. The standard InChI is InChI=1S/C21H23N3O4/c1-23(27-2)20(25)18(22)12-16-13-24(19-11-7-6-10-17(16)19)21(26)28-14-15-8-4-3-5-9-15/h3-11,13,18H,12,14,22H2,1-2H3/t18-/m0/s1. The topological polar surface area (TPSA) is 86.8 Å². The van der Waals surface area contributed by atoms with Crippen molar-refractivity contribution < 1.29 is 19.2 Å². The highest BCUT2D eigenvalue weighted by Crippen LogP contribution is 2.23. The number of carbonyl (C=O) groups excluding carboxylic acids is 2. The molecule has 1 heterocycles. The molecule has 0 aliphatic heterocycles. The van der Waals surface area contributed by atoms with Crippen LogP contribution in [0.4, 0.5) is 4.79 Å². The van der Waals surface area contributed by atoms with Crippen LogP contribution in [0.2, 0.25) is 0 Å². The number of nitrogens with zero attached hydrogens (tertiary/aromatic N) is 2. The van der Waals surface area contributed by atoms with E-state index in [1.807, 2.05) is 54.6 Å². The number of hydrogen-bond acceptors (Lipinski definition) is 5. The zero-order chi connectivity index (χ0) is 20.1. The van der Waals surface area contributed by atoms with Gasteiger partial charge in [-0.25, -0.2) is 9.86 Å². The number of aromatic nitrogens is 1. The third-order valence-corrected chi connectivity index (χ3v) is 4.54. The molecule has 0 saturated heterocycles. The van der Waals surface area contributed by atoms with Crippen LogP contribution >= 0.6 is 0 Å². The lowest BCUT2D eigenvalue weighted by Crippen LogP contribution is -2.42. The van der Waals surface area contributed by atoms with Crippen LogP contribution in [-0.2, 0) is 27.4 Å². The number of benzene rings is 2. The Balaban J connectivity index is 1.82. The summed E-state index contributed by atoms with van der Waals surface area (Å²) in [6, 6.07) is 16.1. The van der Waals surface area contributed by atoms with Crippen molar-refractivity contribution in [2.45, 2.75) is 19.1 Å². The molecule has 3 aromatic rings. The van der Waals surface area contributed by atoms with E-state index in [0.717, 1.165) is 21.6 Å². The van der Waals surface area contributed by atoms with E-state index in [1.165, 1.54) is 18.7 Å². The van der Waals surface area contributed by atoms with Crippen LogP contribution in [0.15, 0.2) is 60.8 Å². The summed E-state index contributed by atoms with van der Waals surface area (Å²) in [4.78, 5) is 29.7. The van der Waals surface area contributed by atoms with Gasteiger partial charge in [0.25, 0.3) is 5.91 Å². The van der Waals surface area contributed by atoms with Crippen LogP contribution in [-0.4, -0.2) is 41.8 Å². The monoisotopic (exact) mass is 381 g/mol. The quantitative estimate of drug-likeness (QED) is 0.664. The van der Waals surface area contributed by atoms with Crippen LogP contribution in [0, 0.1) is 0 Å². The van der Waals surface area contributed by atoms with Crippen LogP contribution in [0.1, 0.15) is 11.1 Å². The Kier molecular flexibility index (Phi) is 6.08. The van der Waals surface area contributed by atoms with Crippen molar-refractivity contribution in [1.82, 2.24) is 9.63 Å². The lowest BCUT2D eigenvalue weighted by atomic mass is 10.1. The largest absolute Gasteiger partial charge is 0.444 e. The summed E-state index contributed by atoms with van der Waals surface area (Å²) in [5.74, 6) is -0.342. The van der Waals surface area contributed by atoms with Crippen molar-refractivity contribution in [3.63, 3.8) is 0 Å². The van der Waals surface area contributed by atoms with E-state index in [0.29, 0.717) is 5.52 Å². The molecule has 0 fully saturated rings. The van der Waals surface area contributed by atoms with Gasteiger partial charge in [0.1, 0.15) is 6.61 Å². The predicted octanol–water partition coefficient (Wildman–Crippen LogP) is 2.72. The first-order valence-electron chi connectivity index (χ1n) is 8.88. The second-order valence-electron chi connectivity index (χ2n) is 6.41. The van der Waals surface area contributed by atoms with Crippen molar-refractivity contribution in [3.8, 4) is 0 Å². The molecular weight excluding hydrogens is 358 g/mol. The molecule has 146 valence electrons. The number of rotatable bonds is 6. The second kappa shape index (κ2) is 8.69. The van der Waals surface area contributed by atoms with E-state index in [1.54, 1.807) is 6.20 Å². The number of likely N-dealkylation sites (N-methyl/N-ethyl adjacent to an activating group) is 1. The van der Waals surface area contributed by atoms with Gasteiger partial charge in [0.2, 0.25) is 0 Å². The first kappa shape index (κ1) is 19.6. The fraction of sp³-hybridized carbons (Fsp3) is 0.238. The number of para-hydroxylation sites is 1. The van der Waals surface area contributed by atoms with Crippen molar-refractivity contribution in [2.24, 2.45) is 5.73 Å². The van der Waals surface area contributed by atoms with Crippen LogP contribution < -0.4 is 5.73 Å². The molecule has 2 aromatic carbocycles. The van der Waals surface area contributed by atoms with Gasteiger partial charge >= 0.3 is 6.09 Å². The van der Waals surface area contributed by atoms with Crippen LogP contribution in [0.5, 0.6) is 0 Å². The van der Waals surface area contributed by atoms with E-state index in [2.05, 4.69) is 0 Å². The van der Waals surface area contributed by atoms with Gasteiger partial charge in [0, 0.05) is 18.6 Å². The third-order valence-electron chi connectivity index (χ3n) is 4.54. The SMILES string of the molecule is CON(C)C(=O)[C@@H](N)Cc1cn(C(=O)OCc2ccccc2)c2ccccc12. The molecule has 0 unspecified atom stereocenters. The summed E-state index contributed by atoms with van der Waals surface area (Å²) in [5.41, 5.74) is 8.44. The Labute approximate surface area is 163 Å². The molecule has 0 spiro atoms. The molecule has 0 saturated carbocycles. The minimum atomic E-state index is -0.787. The number of fused-ring (bicyclic) bond motifs is 1. The fourth-order valence-corrected chi connectivity index (χ4v) is 3.00. The minimum absolute atomic E-state index is 0.179. The third kappa shape index (κ3) is 4.21. The minimum Gasteiger partial charge on any atom is -0.444 e. The number of ether oxygens (including phenoxy) is 1. The van der Waals surface area contributed by atoms with E-state index in [-0.39, 0.29) is 18.9 Å². The zero-order valence-electron chi connectivity index (χ0n) is 15.9. The van der Waals surface area contributed by atoms with Gasteiger partial charge in [-0.15, -0.1) is 0 Å². The maximum Gasteiger partial charge on any atom is 0.418 e. The molecule has 3 rings (SSSR count). The van der Waals surface area contributed by atoms with Gasteiger partial charge in [-0.1, -0.05) is 48.5 Å². The first-order chi connectivity index (χ1) is 13.5. The summed E-state index contributed by atoms with van der Waals surface area (Å²) >= 11 is 0. The molecular formula is C21H23N3O4. The van der Waals surface area contributed by atoms with Gasteiger partial charge in [0.15, 0.2) is 0 Å². The van der Waals surface area contributed by atoms with E-state index in [4.69, 9.17) is 15.3 Å². The molecule has 0 aliphatic carbocycles. The molecule has 7 nitrogen and oxygen atoms in total. The Morgan fingerprint density at radius 1 is 1.11 bits per heavy atom. The summed E-state index contributed by atoms with van der Waals surface area (Å²) in [5, 5.41) is 1.94. The van der Waals surface area contributed by atoms with E-state index < -0.39 is 12.1 Å². The lowest BCUT2D eigenvalue weighted by molar-refractivity contribution is -0.170. The number of carbonyl (C=O) groups is 2. The van der Waals surface area contributed by atoms with Gasteiger partial charge < -0.3 is 10.5 Å². The van der Waals surface area contributed by atoms with Crippen molar-refractivity contribution >= 4 is 22.9 Å². The Hall–Kier alpha value is -3.16. The van der Waals surface area contributed by atoms with Gasteiger partial charge in [-0.05, 0) is 23.6 Å². The van der Waals surface area contributed by atoms with Gasteiger partial charge in [-0.3, -0.25) is 14.2 Å². The highest BCUT2D eigenvalue weighted by atomic mass is 16.7. The van der Waals surface area contributed by atoms with Crippen molar-refractivity contribution in [3.05, 3.63) is 71.9 Å². The average molecular weight is 381 g/mol. The summed E-state index contributed by atoms with van der Waals surface area (Å²) < 4.78 is 6.89. The average Bonchev–Trinajstić information content (AvgIpc) is 3.10. The number of hydrogen-bond donors (Lipinski definition) is 1. The second-order valence-corrected chi connectivity index (χ2v) is 6.41. The zero-order valence-corrected chi connectivity index (χ0v) is 15.9. The molecule has 1 atom stereocenters.